The van der Waals surface area contributed by atoms with E-state index in [0.717, 1.165) is 18.6 Å². The molecule has 3 N–H and O–H groups in total. The summed E-state index contributed by atoms with van der Waals surface area (Å²) in [5.74, 6) is 1.39. The monoisotopic (exact) mass is 225 g/mol. The van der Waals surface area contributed by atoms with E-state index in [1.807, 2.05) is 6.07 Å². The highest BCUT2D eigenvalue weighted by atomic mass is 16.4. The molecule has 0 spiro atoms. The SMILES string of the molecule is OCc1ccc(CNC2(CO)CCCC2)o1. The number of furan rings is 1. The number of aliphatic hydroxyl groups excluding tert-OH is 2. The quantitative estimate of drug-likeness (QED) is 0.703. The Labute approximate surface area is 95.3 Å². The summed E-state index contributed by atoms with van der Waals surface area (Å²) in [4.78, 5) is 0. The van der Waals surface area contributed by atoms with Crippen LogP contribution in [-0.4, -0.2) is 22.4 Å². The summed E-state index contributed by atoms with van der Waals surface area (Å²) in [7, 11) is 0. The van der Waals surface area contributed by atoms with E-state index in [2.05, 4.69) is 5.32 Å². The third kappa shape index (κ3) is 2.45. The third-order valence-corrected chi connectivity index (χ3v) is 3.37. The predicted octanol–water partition coefficient (Wildman–Crippen LogP) is 1.17. The maximum atomic E-state index is 9.41. The average Bonchev–Trinajstić information content (AvgIpc) is 2.96. The van der Waals surface area contributed by atoms with Crippen molar-refractivity contribution in [1.82, 2.24) is 5.32 Å². The molecular formula is C12H19NO3. The fraction of sp³-hybridized carbons (Fsp3) is 0.667. The van der Waals surface area contributed by atoms with Gasteiger partial charge in [-0.05, 0) is 25.0 Å². The molecule has 1 aliphatic carbocycles. The van der Waals surface area contributed by atoms with Gasteiger partial charge in [-0.1, -0.05) is 12.8 Å². The molecule has 0 saturated heterocycles. The maximum absolute atomic E-state index is 9.41. The molecule has 1 aliphatic rings. The first-order valence-electron chi connectivity index (χ1n) is 5.82. The molecule has 16 heavy (non-hydrogen) atoms. The lowest BCUT2D eigenvalue weighted by Crippen LogP contribution is -2.45. The van der Waals surface area contributed by atoms with Crippen LogP contribution in [0.2, 0.25) is 0 Å². The molecule has 0 bridgehead atoms. The molecule has 0 radical (unpaired) electrons. The van der Waals surface area contributed by atoms with Crippen LogP contribution < -0.4 is 5.32 Å². The van der Waals surface area contributed by atoms with Crippen molar-refractivity contribution in [2.45, 2.75) is 44.4 Å². The Kier molecular flexibility index (Phi) is 3.63. The van der Waals surface area contributed by atoms with E-state index in [1.54, 1.807) is 6.07 Å². The van der Waals surface area contributed by atoms with Crippen LogP contribution in [0.5, 0.6) is 0 Å². The maximum Gasteiger partial charge on any atom is 0.129 e. The largest absolute Gasteiger partial charge is 0.462 e. The molecule has 4 nitrogen and oxygen atoms in total. The van der Waals surface area contributed by atoms with E-state index < -0.39 is 0 Å². The summed E-state index contributed by atoms with van der Waals surface area (Å²) >= 11 is 0. The molecule has 1 heterocycles. The van der Waals surface area contributed by atoms with Crippen LogP contribution in [0.25, 0.3) is 0 Å². The molecular weight excluding hydrogens is 206 g/mol. The van der Waals surface area contributed by atoms with Gasteiger partial charge in [0.15, 0.2) is 0 Å². The Balaban J connectivity index is 1.90. The Bertz CT molecular complexity index is 329. The van der Waals surface area contributed by atoms with E-state index in [0.29, 0.717) is 12.3 Å². The minimum absolute atomic E-state index is 0.0643. The van der Waals surface area contributed by atoms with Crippen LogP contribution in [0.1, 0.15) is 37.2 Å². The fourth-order valence-corrected chi connectivity index (χ4v) is 2.32. The average molecular weight is 225 g/mol. The summed E-state index contributed by atoms with van der Waals surface area (Å²) in [6, 6.07) is 3.63. The van der Waals surface area contributed by atoms with E-state index in [1.165, 1.54) is 12.8 Å². The summed E-state index contributed by atoms with van der Waals surface area (Å²) in [6.45, 7) is 0.728. The van der Waals surface area contributed by atoms with Crippen molar-refractivity contribution in [1.29, 1.82) is 0 Å². The van der Waals surface area contributed by atoms with Gasteiger partial charge in [0.1, 0.15) is 18.1 Å². The van der Waals surface area contributed by atoms with Crippen molar-refractivity contribution in [3.05, 3.63) is 23.7 Å². The van der Waals surface area contributed by atoms with Crippen LogP contribution in [0, 0.1) is 0 Å². The van der Waals surface area contributed by atoms with Gasteiger partial charge >= 0.3 is 0 Å². The van der Waals surface area contributed by atoms with Crippen molar-refractivity contribution in [2.24, 2.45) is 0 Å². The van der Waals surface area contributed by atoms with Crippen molar-refractivity contribution >= 4 is 0 Å². The van der Waals surface area contributed by atoms with Crippen LogP contribution in [-0.2, 0) is 13.2 Å². The van der Waals surface area contributed by atoms with Gasteiger partial charge in [0.25, 0.3) is 0 Å². The molecule has 0 aromatic carbocycles. The molecule has 0 unspecified atom stereocenters. The summed E-state index contributed by atoms with van der Waals surface area (Å²) in [5, 5.41) is 21.7. The predicted molar refractivity (Wildman–Crippen MR) is 59.8 cm³/mol. The highest BCUT2D eigenvalue weighted by Crippen LogP contribution is 2.29. The number of hydrogen-bond acceptors (Lipinski definition) is 4. The minimum atomic E-state index is -0.119. The number of rotatable bonds is 5. The highest BCUT2D eigenvalue weighted by Gasteiger charge is 2.32. The molecule has 1 fully saturated rings. The zero-order chi connectivity index (χ0) is 11.4. The van der Waals surface area contributed by atoms with Crippen molar-refractivity contribution < 1.29 is 14.6 Å². The van der Waals surface area contributed by atoms with E-state index in [9.17, 15) is 5.11 Å². The third-order valence-electron chi connectivity index (χ3n) is 3.37. The van der Waals surface area contributed by atoms with Gasteiger partial charge in [-0.3, -0.25) is 0 Å². The minimum Gasteiger partial charge on any atom is -0.462 e. The summed E-state index contributed by atoms with van der Waals surface area (Å²) < 4.78 is 5.39. The molecule has 0 amide bonds. The van der Waals surface area contributed by atoms with E-state index >= 15 is 0 Å². The molecule has 1 aromatic rings. The second-order valence-corrected chi connectivity index (χ2v) is 4.53. The van der Waals surface area contributed by atoms with Gasteiger partial charge in [-0.25, -0.2) is 0 Å². The molecule has 90 valence electrons. The Morgan fingerprint density at radius 2 is 1.88 bits per heavy atom. The normalized spacial score (nSPS) is 19.1. The molecule has 1 saturated carbocycles. The zero-order valence-electron chi connectivity index (χ0n) is 9.41. The molecule has 1 aromatic heterocycles. The van der Waals surface area contributed by atoms with Gasteiger partial charge < -0.3 is 19.9 Å². The summed E-state index contributed by atoms with van der Waals surface area (Å²) in [5.41, 5.74) is -0.119. The van der Waals surface area contributed by atoms with Crippen LogP contribution >= 0.6 is 0 Å². The van der Waals surface area contributed by atoms with Crippen LogP contribution in [0.15, 0.2) is 16.5 Å². The topological polar surface area (TPSA) is 65.6 Å². The van der Waals surface area contributed by atoms with E-state index in [4.69, 9.17) is 9.52 Å². The fourth-order valence-electron chi connectivity index (χ4n) is 2.32. The lowest BCUT2D eigenvalue weighted by Gasteiger charge is -2.27. The molecule has 2 rings (SSSR count). The lowest BCUT2D eigenvalue weighted by molar-refractivity contribution is 0.159. The second-order valence-electron chi connectivity index (χ2n) is 4.53. The van der Waals surface area contributed by atoms with E-state index in [-0.39, 0.29) is 18.8 Å². The van der Waals surface area contributed by atoms with Gasteiger partial charge in [0.2, 0.25) is 0 Å². The number of hydrogen-bond donors (Lipinski definition) is 3. The van der Waals surface area contributed by atoms with Crippen molar-refractivity contribution in [3.63, 3.8) is 0 Å². The molecule has 0 atom stereocenters. The standard InChI is InChI=1S/C12H19NO3/c14-8-11-4-3-10(16-11)7-13-12(9-15)5-1-2-6-12/h3-4,13-15H,1-2,5-9H2. The number of nitrogens with one attached hydrogen (secondary N) is 1. The first-order valence-corrected chi connectivity index (χ1v) is 5.82. The van der Waals surface area contributed by atoms with Gasteiger partial charge in [0, 0.05) is 5.54 Å². The Hall–Kier alpha value is -0.840. The van der Waals surface area contributed by atoms with Crippen LogP contribution in [0.3, 0.4) is 0 Å². The van der Waals surface area contributed by atoms with Crippen molar-refractivity contribution in [2.75, 3.05) is 6.61 Å². The highest BCUT2D eigenvalue weighted by molar-refractivity contribution is 5.07. The zero-order valence-corrected chi connectivity index (χ0v) is 9.41. The smallest absolute Gasteiger partial charge is 0.129 e. The van der Waals surface area contributed by atoms with Gasteiger partial charge in [-0.2, -0.15) is 0 Å². The first-order chi connectivity index (χ1) is 7.78. The number of aliphatic hydroxyl groups is 2. The Morgan fingerprint density at radius 1 is 1.19 bits per heavy atom. The van der Waals surface area contributed by atoms with Crippen molar-refractivity contribution in [3.8, 4) is 0 Å². The summed E-state index contributed by atoms with van der Waals surface area (Å²) in [6.07, 6.45) is 4.40. The van der Waals surface area contributed by atoms with Gasteiger partial charge in [0.05, 0.1) is 13.2 Å². The second kappa shape index (κ2) is 4.99. The lowest BCUT2D eigenvalue weighted by atomic mass is 9.99. The first kappa shape index (κ1) is 11.6. The molecule has 0 aliphatic heterocycles. The van der Waals surface area contributed by atoms with Crippen LogP contribution in [0.4, 0.5) is 0 Å². The van der Waals surface area contributed by atoms with Gasteiger partial charge in [-0.15, -0.1) is 0 Å². The Morgan fingerprint density at radius 3 is 2.44 bits per heavy atom. The molecule has 4 heteroatoms.